The second kappa shape index (κ2) is 3.61. The van der Waals surface area contributed by atoms with E-state index >= 15 is 0 Å². The van der Waals surface area contributed by atoms with Crippen molar-refractivity contribution in [3.63, 3.8) is 0 Å². The number of furan rings is 1. The van der Waals surface area contributed by atoms with Crippen LogP contribution in [0.1, 0.15) is 18.2 Å². The summed E-state index contributed by atoms with van der Waals surface area (Å²) < 4.78 is 5.85. The lowest BCUT2D eigenvalue weighted by atomic mass is 10.0. The van der Waals surface area contributed by atoms with E-state index < -0.39 is 0 Å². The molecule has 84 valence electrons. The molecule has 2 N–H and O–H groups in total. The summed E-state index contributed by atoms with van der Waals surface area (Å²) in [4.78, 5) is 2.28. The highest BCUT2D eigenvalue weighted by Gasteiger charge is 2.23. The molecule has 0 saturated heterocycles. The van der Waals surface area contributed by atoms with Gasteiger partial charge < -0.3 is 10.2 Å². The van der Waals surface area contributed by atoms with Crippen molar-refractivity contribution in [3.05, 3.63) is 35.6 Å². The van der Waals surface area contributed by atoms with Crippen LogP contribution in [-0.2, 0) is 13.0 Å². The summed E-state index contributed by atoms with van der Waals surface area (Å²) in [5.41, 5.74) is 8.25. The summed E-state index contributed by atoms with van der Waals surface area (Å²) >= 11 is 0. The van der Waals surface area contributed by atoms with Gasteiger partial charge in [-0.3, -0.25) is 4.90 Å². The Morgan fingerprint density at radius 1 is 1.38 bits per heavy atom. The van der Waals surface area contributed by atoms with E-state index in [-0.39, 0.29) is 6.17 Å². The summed E-state index contributed by atoms with van der Waals surface area (Å²) in [7, 11) is 0. The first-order valence-corrected chi connectivity index (χ1v) is 5.74. The number of fused-ring (bicyclic) bond motifs is 3. The highest BCUT2D eigenvalue weighted by molar-refractivity contribution is 5.82. The van der Waals surface area contributed by atoms with E-state index in [0.29, 0.717) is 0 Å². The molecule has 2 aromatic rings. The van der Waals surface area contributed by atoms with Crippen LogP contribution in [0.15, 0.2) is 28.7 Å². The second-order valence-corrected chi connectivity index (χ2v) is 4.46. The van der Waals surface area contributed by atoms with Gasteiger partial charge in [0.1, 0.15) is 11.3 Å². The topological polar surface area (TPSA) is 42.4 Å². The Bertz CT molecular complexity index is 516. The van der Waals surface area contributed by atoms with Crippen molar-refractivity contribution in [2.45, 2.75) is 26.1 Å². The van der Waals surface area contributed by atoms with Crippen LogP contribution in [0.4, 0.5) is 0 Å². The number of nitrogens with two attached hydrogens (primary N) is 1. The molecule has 1 atom stereocenters. The van der Waals surface area contributed by atoms with Crippen molar-refractivity contribution in [2.24, 2.45) is 5.73 Å². The minimum atomic E-state index is 0.113. The average Bonchev–Trinajstić information content (AvgIpc) is 2.66. The summed E-state index contributed by atoms with van der Waals surface area (Å²) in [6, 6.07) is 8.23. The Hall–Kier alpha value is -1.32. The van der Waals surface area contributed by atoms with Gasteiger partial charge in [0.05, 0.1) is 6.17 Å². The lowest BCUT2D eigenvalue weighted by molar-refractivity contribution is 0.188. The molecule has 0 bridgehead atoms. The third-order valence-corrected chi connectivity index (χ3v) is 3.35. The number of hydrogen-bond donors (Lipinski definition) is 1. The zero-order chi connectivity index (χ0) is 11.1. The number of para-hydroxylation sites is 1. The van der Waals surface area contributed by atoms with E-state index in [1.807, 2.05) is 19.1 Å². The first-order chi connectivity index (χ1) is 7.75. The standard InChI is InChI=1S/C13H16N2O/c1-9(14)15-7-6-13-11(8-15)10-4-2-3-5-12(10)16-13/h2-5,9H,6-8,14H2,1H3. The summed E-state index contributed by atoms with van der Waals surface area (Å²) in [6.07, 6.45) is 1.08. The molecule has 3 nitrogen and oxygen atoms in total. The molecule has 1 unspecified atom stereocenters. The van der Waals surface area contributed by atoms with Gasteiger partial charge in [0.2, 0.25) is 0 Å². The van der Waals surface area contributed by atoms with Crippen LogP contribution >= 0.6 is 0 Å². The Labute approximate surface area is 94.8 Å². The van der Waals surface area contributed by atoms with Crippen LogP contribution in [0.5, 0.6) is 0 Å². The van der Waals surface area contributed by atoms with Gasteiger partial charge in [0.15, 0.2) is 0 Å². The largest absolute Gasteiger partial charge is 0.461 e. The third-order valence-electron chi connectivity index (χ3n) is 3.35. The highest BCUT2D eigenvalue weighted by Crippen LogP contribution is 2.30. The SMILES string of the molecule is CC(N)N1CCc2oc3ccccc3c2C1. The molecule has 0 fully saturated rings. The van der Waals surface area contributed by atoms with Gasteiger partial charge >= 0.3 is 0 Å². The molecule has 1 aliphatic heterocycles. The Morgan fingerprint density at radius 3 is 3.00 bits per heavy atom. The first-order valence-electron chi connectivity index (χ1n) is 5.74. The Morgan fingerprint density at radius 2 is 2.19 bits per heavy atom. The smallest absolute Gasteiger partial charge is 0.134 e. The van der Waals surface area contributed by atoms with Crippen molar-refractivity contribution >= 4 is 11.0 Å². The van der Waals surface area contributed by atoms with Crippen LogP contribution in [-0.4, -0.2) is 17.6 Å². The van der Waals surface area contributed by atoms with Crippen LogP contribution in [0, 0.1) is 0 Å². The molecule has 1 aliphatic rings. The first kappa shape index (κ1) is 9.87. The van der Waals surface area contributed by atoms with Gasteiger partial charge in [-0.25, -0.2) is 0 Å². The van der Waals surface area contributed by atoms with Crippen molar-refractivity contribution in [2.75, 3.05) is 6.54 Å². The molecular formula is C13H16N2O. The zero-order valence-electron chi connectivity index (χ0n) is 9.44. The molecule has 3 rings (SSSR count). The summed E-state index contributed by atoms with van der Waals surface area (Å²) in [6.45, 7) is 3.93. The lowest BCUT2D eigenvalue weighted by Gasteiger charge is -2.29. The fourth-order valence-corrected chi connectivity index (χ4v) is 2.40. The third kappa shape index (κ3) is 1.44. The van der Waals surface area contributed by atoms with E-state index in [1.54, 1.807) is 0 Å². The van der Waals surface area contributed by atoms with Gasteiger partial charge in [-0.05, 0) is 13.0 Å². The van der Waals surface area contributed by atoms with Crippen molar-refractivity contribution < 1.29 is 4.42 Å². The van der Waals surface area contributed by atoms with Crippen LogP contribution < -0.4 is 5.73 Å². The quantitative estimate of drug-likeness (QED) is 0.793. The Kier molecular flexibility index (Phi) is 2.23. The lowest BCUT2D eigenvalue weighted by Crippen LogP contribution is -2.42. The van der Waals surface area contributed by atoms with Gasteiger partial charge in [-0.15, -0.1) is 0 Å². The number of rotatable bonds is 1. The van der Waals surface area contributed by atoms with Gasteiger partial charge in [0.25, 0.3) is 0 Å². The predicted octanol–water partition coefficient (Wildman–Crippen LogP) is 2.10. The second-order valence-electron chi connectivity index (χ2n) is 4.46. The van der Waals surface area contributed by atoms with Gasteiger partial charge in [-0.1, -0.05) is 18.2 Å². The molecule has 3 heteroatoms. The Balaban J connectivity index is 2.08. The average molecular weight is 216 g/mol. The molecule has 0 aliphatic carbocycles. The predicted molar refractivity (Wildman–Crippen MR) is 64.0 cm³/mol. The van der Waals surface area contributed by atoms with E-state index in [2.05, 4.69) is 17.0 Å². The maximum atomic E-state index is 5.93. The van der Waals surface area contributed by atoms with Crippen LogP contribution in [0.2, 0.25) is 0 Å². The monoisotopic (exact) mass is 216 g/mol. The summed E-state index contributed by atoms with van der Waals surface area (Å²) in [5.74, 6) is 1.14. The van der Waals surface area contributed by atoms with Crippen molar-refractivity contribution in [1.29, 1.82) is 0 Å². The minimum absolute atomic E-state index is 0.113. The minimum Gasteiger partial charge on any atom is -0.461 e. The molecular weight excluding hydrogens is 200 g/mol. The number of hydrogen-bond acceptors (Lipinski definition) is 3. The van der Waals surface area contributed by atoms with Crippen LogP contribution in [0.25, 0.3) is 11.0 Å². The fourth-order valence-electron chi connectivity index (χ4n) is 2.40. The highest BCUT2D eigenvalue weighted by atomic mass is 16.3. The normalized spacial score (nSPS) is 18.6. The molecule has 0 radical (unpaired) electrons. The number of benzene rings is 1. The fraction of sp³-hybridized carbons (Fsp3) is 0.385. The number of nitrogens with zero attached hydrogens (tertiary/aromatic N) is 1. The molecule has 16 heavy (non-hydrogen) atoms. The molecule has 0 saturated carbocycles. The molecule has 0 amide bonds. The van der Waals surface area contributed by atoms with Crippen molar-refractivity contribution in [3.8, 4) is 0 Å². The van der Waals surface area contributed by atoms with E-state index in [0.717, 1.165) is 30.9 Å². The van der Waals surface area contributed by atoms with E-state index in [4.69, 9.17) is 10.2 Å². The van der Waals surface area contributed by atoms with Crippen LogP contribution in [0.3, 0.4) is 0 Å². The maximum absolute atomic E-state index is 5.93. The molecule has 1 aromatic carbocycles. The molecule has 0 spiro atoms. The molecule has 1 aromatic heterocycles. The van der Waals surface area contributed by atoms with E-state index in [1.165, 1.54) is 10.9 Å². The maximum Gasteiger partial charge on any atom is 0.134 e. The van der Waals surface area contributed by atoms with Gasteiger partial charge in [0, 0.05) is 30.5 Å². The van der Waals surface area contributed by atoms with E-state index in [9.17, 15) is 0 Å². The summed E-state index contributed by atoms with van der Waals surface area (Å²) in [5, 5.41) is 1.24. The zero-order valence-corrected chi connectivity index (χ0v) is 9.44. The van der Waals surface area contributed by atoms with Gasteiger partial charge in [-0.2, -0.15) is 0 Å². The molecule has 2 heterocycles. The van der Waals surface area contributed by atoms with Crippen molar-refractivity contribution in [1.82, 2.24) is 4.90 Å².